The third-order valence-electron chi connectivity index (χ3n) is 5.79. The van der Waals surface area contributed by atoms with E-state index in [-0.39, 0.29) is 34.7 Å². The quantitative estimate of drug-likeness (QED) is 0.531. The van der Waals surface area contributed by atoms with E-state index < -0.39 is 10.0 Å². The Morgan fingerprint density at radius 1 is 1.12 bits per heavy atom. The highest BCUT2D eigenvalue weighted by atomic mass is 32.2. The largest absolute Gasteiger partial charge is 0.495 e. The number of ether oxygens (including phenoxy) is 1. The van der Waals surface area contributed by atoms with Gasteiger partial charge in [-0.05, 0) is 60.7 Å². The normalized spacial score (nSPS) is 15.5. The van der Waals surface area contributed by atoms with E-state index >= 15 is 0 Å². The van der Waals surface area contributed by atoms with Crippen LogP contribution in [0.3, 0.4) is 0 Å². The molecule has 1 aromatic heterocycles. The number of aryl methyl sites for hydroxylation is 1. The lowest BCUT2D eigenvalue weighted by atomic mass is 9.87. The van der Waals surface area contributed by atoms with Crippen molar-refractivity contribution in [3.63, 3.8) is 0 Å². The zero-order chi connectivity index (χ0) is 23.3. The van der Waals surface area contributed by atoms with Gasteiger partial charge in [0.15, 0.2) is 0 Å². The van der Waals surface area contributed by atoms with Gasteiger partial charge >= 0.3 is 0 Å². The Balaban J connectivity index is 1.51. The van der Waals surface area contributed by atoms with Crippen molar-refractivity contribution in [1.82, 2.24) is 15.0 Å². The molecule has 1 amide bonds. The molecule has 0 spiro atoms. The summed E-state index contributed by atoms with van der Waals surface area (Å²) in [6, 6.07) is 18.0. The second-order valence-electron chi connectivity index (χ2n) is 7.95. The van der Waals surface area contributed by atoms with E-state index in [1.54, 1.807) is 18.3 Å². The molecule has 8 heteroatoms. The van der Waals surface area contributed by atoms with Crippen molar-refractivity contribution in [1.29, 1.82) is 0 Å². The number of amides is 1. The van der Waals surface area contributed by atoms with Crippen molar-refractivity contribution in [3.05, 3.63) is 89.2 Å². The lowest BCUT2D eigenvalue weighted by Gasteiger charge is -2.26. The summed E-state index contributed by atoms with van der Waals surface area (Å²) in [5, 5.41) is 3.07. The maximum absolute atomic E-state index is 13.0. The van der Waals surface area contributed by atoms with Crippen molar-refractivity contribution in [2.24, 2.45) is 0 Å². The molecule has 3 aromatic rings. The van der Waals surface area contributed by atoms with E-state index in [0.717, 1.165) is 30.5 Å². The second-order valence-corrected chi connectivity index (χ2v) is 9.69. The minimum atomic E-state index is -3.89. The molecule has 0 radical (unpaired) electrons. The molecule has 0 saturated heterocycles. The maximum atomic E-state index is 13.0. The number of sulfonamides is 1. The third-order valence-corrected chi connectivity index (χ3v) is 7.27. The highest BCUT2D eigenvalue weighted by molar-refractivity contribution is 7.89. The zero-order valence-electron chi connectivity index (χ0n) is 18.5. The van der Waals surface area contributed by atoms with Gasteiger partial charge in [-0.1, -0.05) is 30.3 Å². The van der Waals surface area contributed by atoms with Crippen molar-refractivity contribution >= 4 is 15.9 Å². The summed E-state index contributed by atoms with van der Waals surface area (Å²) >= 11 is 0. The average Bonchev–Trinajstić information content (AvgIpc) is 2.84. The molecule has 7 nitrogen and oxygen atoms in total. The van der Waals surface area contributed by atoms with Crippen LogP contribution in [0.15, 0.2) is 71.8 Å². The van der Waals surface area contributed by atoms with Gasteiger partial charge in [0.25, 0.3) is 5.91 Å². The van der Waals surface area contributed by atoms with E-state index in [4.69, 9.17) is 4.74 Å². The number of carbonyl (C=O) groups excluding carboxylic acids is 1. The van der Waals surface area contributed by atoms with Crippen LogP contribution in [0.25, 0.3) is 0 Å². The Hall–Kier alpha value is -3.23. The number of fused-ring (bicyclic) bond motifs is 1. The molecule has 172 valence electrons. The third kappa shape index (κ3) is 5.40. The number of methoxy groups -OCH3 is 1. The van der Waals surface area contributed by atoms with Gasteiger partial charge in [-0.2, -0.15) is 0 Å². The van der Waals surface area contributed by atoms with Crippen LogP contribution in [0.5, 0.6) is 5.75 Å². The van der Waals surface area contributed by atoms with E-state index in [0.29, 0.717) is 6.42 Å². The predicted octanol–water partition coefficient (Wildman–Crippen LogP) is 3.42. The van der Waals surface area contributed by atoms with Gasteiger partial charge in [0.2, 0.25) is 10.0 Å². The van der Waals surface area contributed by atoms with Crippen LogP contribution >= 0.6 is 0 Å². The maximum Gasteiger partial charge on any atom is 0.251 e. The number of nitrogens with one attached hydrogen (secondary N) is 2. The molecule has 0 saturated carbocycles. The number of rotatable bonds is 8. The van der Waals surface area contributed by atoms with Crippen LogP contribution < -0.4 is 14.8 Å². The summed E-state index contributed by atoms with van der Waals surface area (Å²) in [4.78, 5) is 17.2. The molecule has 2 aromatic carbocycles. The van der Waals surface area contributed by atoms with Crippen molar-refractivity contribution in [2.45, 2.75) is 36.6 Å². The first-order valence-electron chi connectivity index (χ1n) is 10.9. The minimum absolute atomic E-state index is 0.0669. The summed E-state index contributed by atoms with van der Waals surface area (Å²) < 4.78 is 33.8. The Morgan fingerprint density at radius 2 is 1.94 bits per heavy atom. The highest BCUT2D eigenvalue weighted by Crippen LogP contribution is 2.30. The monoisotopic (exact) mass is 465 g/mol. The second kappa shape index (κ2) is 10.1. The van der Waals surface area contributed by atoms with Crippen molar-refractivity contribution in [2.75, 3.05) is 13.7 Å². The van der Waals surface area contributed by atoms with Crippen molar-refractivity contribution in [3.8, 4) is 5.75 Å². The number of pyridine rings is 1. The molecule has 0 bridgehead atoms. The molecule has 4 rings (SSSR count). The van der Waals surface area contributed by atoms with E-state index in [9.17, 15) is 13.2 Å². The Bertz CT molecular complexity index is 1230. The molecule has 1 atom stereocenters. The number of nitrogens with zero attached hydrogens (tertiary/aromatic N) is 1. The van der Waals surface area contributed by atoms with Crippen LogP contribution in [-0.2, 0) is 22.9 Å². The molecule has 33 heavy (non-hydrogen) atoms. The molecular formula is C25H27N3O4S. The summed E-state index contributed by atoms with van der Waals surface area (Å²) in [7, 11) is -2.49. The lowest BCUT2D eigenvalue weighted by Crippen LogP contribution is -2.31. The topological polar surface area (TPSA) is 97.4 Å². The van der Waals surface area contributed by atoms with Gasteiger partial charge in [0, 0.05) is 30.4 Å². The fourth-order valence-electron chi connectivity index (χ4n) is 4.11. The molecule has 2 N–H and O–H groups in total. The number of carbonyl (C=O) groups is 1. The molecular weight excluding hydrogens is 438 g/mol. The number of hydrogen-bond acceptors (Lipinski definition) is 5. The lowest BCUT2D eigenvalue weighted by molar-refractivity contribution is 0.0932. The summed E-state index contributed by atoms with van der Waals surface area (Å²) in [6.07, 6.45) is 4.95. The number of benzene rings is 2. The summed E-state index contributed by atoms with van der Waals surface area (Å²) in [5.74, 6) is -0.135. The average molecular weight is 466 g/mol. The smallest absolute Gasteiger partial charge is 0.251 e. The van der Waals surface area contributed by atoms with Crippen LogP contribution in [-0.4, -0.2) is 33.0 Å². The number of aromatic nitrogens is 1. The van der Waals surface area contributed by atoms with Gasteiger partial charge in [-0.3, -0.25) is 9.78 Å². The molecule has 0 aliphatic heterocycles. The molecule has 0 unspecified atom stereocenters. The summed E-state index contributed by atoms with van der Waals surface area (Å²) in [6.45, 7) is 0.178. The number of hydrogen-bond donors (Lipinski definition) is 2. The van der Waals surface area contributed by atoms with Gasteiger partial charge < -0.3 is 10.1 Å². The Morgan fingerprint density at radius 3 is 2.73 bits per heavy atom. The minimum Gasteiger partial charge on any atom is -0.495 e. The predicted molar refractivity (Wildman–Crippen MR) is 126 cm³/mol. The molecule has 1 aliphatic rings. The fraction of sp³-hybridized carbons (Fsp3) is 0.280. The zero-order valence-corrected chi connectivity index (χ0v) is 19.3. The van der Waals surface area contributed by atoms with Crippen LogP contribution in [0, 0.1) is 0 Å². The van der Waals surface area contributed by atoms with Crippen LogP contribution in [0.1, 0.15) is 46.1 Å². The van der Waals surface area contributed by atoms with Crippen molar-refractivity contribution < 1.29 is 17.9 Å². The summed E-state index contributed by atoms with van der Waals surface area (Å²) in [5.41, 5.74) is 3.41. The molecule has 1 aliphatic carbocycles. The van der Waals surface area contributed by atoms with Gasteiger partial charge in [0.05, 0.1) is 13.2 Å². The van der Waals surface area contributed by atoms with E-state index in [1.165, 1.54) is 24.8 Å². The standard InChI is InChI=1S/C25H27N3O4S/c1-32-23-13-12-19(25(29)28-22-11-6-8-18-7-2-3-10-21(18)22)17-24(23)33(30,31)27-16-14-20-9-4-5-15-26-20/h2-5,7,9-10,12-13,15,17,22,27H,6,8,11,14,16H2,1H3,(H,28,29)/t22-/m1/s1. The first-order valence-corrected chi connectivity index (χ1v) is 12.4. The first-order chi connectivity index (χ1) is 16.0. The SMILES string of the molecule is COc1ccc(C(=O)N[C@@H]2CCCc3ccccc32)cc1S(=O)(=O)NCCc1ccccn1. The van der Waals surface area contributed by atoms with Gasteiger partial charge in [-0.15, -0.1) is 0 Å². The molecule has 1 heterocycles. The van der Waals surface area contributed by atoms with Gasteiger partial charge in [0.1, 0.15) is 10.6 Å². The molecule has 0 fully saturated rings. The van der Waals surface area contributed by atoms with Crippen LogP contribution in [0.4, 0.5) is 0 Å². The first kappa shape index (κ1) is 22.9. The fourth-order valence-corrected chi connectivity index (χ4v) is 5.34. The van der Waals surface area contributed by atoms with Crippen LogP contribution in [0.2, 0.25) is 0 Å². The van der Waals surface area contributed by atoms with Gasteiger partial charge in [-0.25, -0.2) is 13.1 Å². The highest BCUT2D eigenvalue weighted by Gasteiger charge is 2.25. The Kier molecular flexibility index (Phi) is 7.05. The Labute approximate surface area is 194 Å². The van der Waals surface area contributed by atoms with E-state index in [2.05, 4.69) is 21.1 Å². The van der Waals surface area contributed by atoms with E-state index in [1.807, 2.05) is 30.3 Å².